The lowest BCUT2D eigenvalue weighted by molar-refractivity contribution is -0.156. The Balaban J connectivity index is 2.47. The van der Waals surface area contributed by atoms with Gasteiger partial charge in [0.05, 0.1) is 5.69 Å². The highest BCUT2D eigenvalue weighted by atomic mass is 19.4. The minimum atomic E-state index is -4.84. The molecule has 10 heteroatoms. The fraction of sp³-hybridized carbons (Fsp3) is 0.429. The van der Waals surface area contributed by atoms with Crippen LogP contribution in [-0.4, -0.2) is 34.1 Å². The minimum absolute atomic E-state index is 0.119. The molecule has 0 saturated carbocycles. The van der Waals surface area contributed by atoms with Crippen LogP contribution in [0, 0.1) is 5.92 Å². The Bertz CT molecular complexity index is 986. The second-order valence-electron chi connectivity index (χ2n) is 7.76. The average molecular weight is 438 g/mol. The fourth-order valence-electron chi connectivity index (χ4n) is 2.69. The quantitative estimate of drug-likeness (QED) is 0.694. The number of hydrogen-bond donors (Lipinski definition) is 2. The highest BCUT2D eigenvalue weighted by molar-refractivity contribution is 5.99. The lowest BCUT2D eigenvalue weighted by atomic mass is 10.1. The Morgan fingerprint density at radius 3 is 2.16 bits per heavy atom. The second kappa shape index (κ2) is 9.76. The summed E-state index contributed by atoms with van der Waals surface area (Å²) >= 11 is 0. The first-order valence-electron chi connectivity index (χ1n) is 9.74. The molecule has 0 aliphatic rings. The van der Waals surface area contributed by atoms with Crippen LogP contribution in [0.25, 0.3) is 0 Å². The molecule has 0 radical (unpaired) electrons. The molecule has 0 spiro atoms. The van der Waals surface area contributed by atoms with E-state index in [0.29, 0.717) is 6.54 Å². The molecule has 0 aliphatic heterocycles. The molecule has 2 heterocycles. The Morgan fingerprint density at radius 2 is 1.68 bits per heavy atom. The molecule has 0 aromatic carbocycles. The van der Waals surface area contributed by atoms with E-state index in [-0.39, 0.29) is 17.5 Å². The summed E-state index contributed by atoms with van der Waals surface area (Å²) in [5.74, 6) is -1.82. The van der Waals surface area contributed by atoms with Gasteiger partial charge in [0.15, 0.2) is 6.04 Å². The van der Waals surface area contributed by atoms with E-state index in [0.717, 1.165) is 12.3 Å². The molecule has 1 atom stereocenters. The van der Waals surface area contributed by atoms with Crippen molar-refractivity contribution >= 4 is 11.8 Å². The third-order valence-corrected chi connectivity index (χ3v) is 4.39. The van der Waals surface area contributed by atoms with Crippen LogP contribution < -0.4 is 16.1 Å². The van der Waals surface area contributed by atoms with Gasteiger partial charge in [0.1, 0.15) is 11.1 Å². The molecule has 7 nitrogen and oxygen atoms in total. The van der Waals surface area contributed by atoms with Gasteiger partial charge in [0.2, 0.25) is 5.43 Å². The molecule has 2 aromatic heterocycles. The van der Waals surface area contributed by atoms with E-state index in [1.807, 2.05) is 19.2 Å². The van der Waals surface area contributed by atoms with Crippen LogP contribution >= 0.6 is 0 Å². The van der Waals surface area contributed by atoms with Crippen molar-refractivity contribution in [3.05, 3.63) is 63.8 Å². The van der Waals surface area contributed by atoms with Crippen LogP contribution in [0.2, 0.25) is 0 Å². The van der Waals surface area contributed by atoms with Gasteiger partial charge in [-0.15, -0.1) is 0 Å². The number of halogens is 3. The molecule has 2 aromatic rings. The van der Waals surface area contributed by atoms with E-state index < -0.39 is 40.7 Å². The SMILES string of the molecule is CC(C)CNC(=O)c1cn(C(C)C)cc(C(=O)N[C@@H](c2ccccn2)C(F)(F)F)c1=O. The average Bonchev–Trinajstić information content (AvgIpc) is 2.69. The van der Waals surface area contributed by atoms with Crippen molar-refractivity contribution in [2.24, 2.45) is 5.92 Å². The summed E-state index contributed by atoms with van der Waals surface area (Å²) in [7, 11) is 0. The molecule has 0 bridgehead atoms. The van der Waals surface area contributed by atoms with Crippen molar-refractivity contribution in [1.29, 1.82) is 0 Å². The van der Waals surface area contributed by atoms with E-state index >= 15 is 0 Å². The lowest BCUT2D eigenvalue weighted by Crippen LogP contribution is -2.41. The molecule has 0 aliphatic carbocycles. The Morgan fingerprint density at radius 1 is 1.06 bits per heavy atom. The predicted molar refractivity (Wildman–Crippen MR) is 109 cm³/mol. The zero-order valence-electron chi connectivity index (χ0n) is 17.7. The number of nitrogens with one attached hydrogen (secondary N) is 2. The van der Waals surface area contributed by atoms with Gasteiger partial charge in [-0.05, 0) is 31.9 Å². The maximum atomic E-state index is 13.6. The number of rotatable bonds is 7. The lowest BCUT2D eigenvalue weighted by Gasteiger charge is -2.22. The van der Waals surface area contributed by atoms with Crippen LogP contribution in [0.4, 0.5) is 13.2 Å². The van der Waals surface area contributed by atoms with Crippen molar-refractivity contribution < 1.29 is 22.8 Å². The van der Waals surface area contributed by atoms with Gasteiger partial charge in [0, 0.05) is 31.2 Å². The first-order valence-corrected chi connectivity index (χ1v) is 9.74. The van der Waals surface area contributed by atoms with Crippen molar-refractivity contribution in [3.63, 3.8) is 0 Å². The van der Waals surface area contributed by atoms with Crippen LogP contribution in [0.3, 0.4) is 0 Å². The van der Waals surface area contributed by atoms with Gasteiger partial charge in [-0.3, -0.25) is 19.4 Å². The molecule has 2 N–H and O–H groups in total. The molecule has 2 amide bonds. The second-order valence-corrected chi connectivity index (χ2v) is 7.76. The monoisotopic (exact) mass is 438 g/mol. The number of hydrogen-bond acceptors (Lipinski definition) is 4. The summed E-state index contributed by atoms with van der Waals surface area (Å²) in [6.07, 6.45) is -1.23. The van der Waals surface area contributed by atoms with E-state index in [9.17, 15) is 27.6 Å². The van der Waals surface area contributed by atoms with Gasteiger partial charge in [-0.1, -0.05) is 19.9 Å². The largest absolute Gasteiger partial charge is 0.414 e. The third-order valence-electron chi connectivity index (χ3n) is 4.39. The van der Waals surface area contributed by atoms with Crippen LogP contribution in [0.5, 0.6) is 0 Å². The molecule has 31 heavy (non-hydrogen) atoms. The van der Waals surface area contributed by atoms with Gasteiger partial charge in [0.25, 0.3) is 11.8 Å². The topological polar surface area (TPSA) is 93.1 Å². The highest BCUT2D eigenvalue weighted by Crippen LogP contribution is 2.31. The van der Waals surface area contributed by atoms with Gasteiger partial charge in [-0.2, -0.15) is 13.2 Å². The highest BCUT2D eigenvalue weighted by Gasteiger charge is 2.43. The van der Waals surface area contributed by atoms with Crippen molar-refractivity contribution in [1.82, 2.24) is 20.2 Å². The van der Waals surface area contributed by atoms with E-state index in [2.05, 4.69) is 10.3 Å². The van der Waals surface area contributed by atoms with E-state index in [1.165, 1.54) is 29.1 Å². The van der Waals surface area contributed by atoms with Crippen LogP contribution in [0.1, 0.15) is 66.2 Å². The number of alkyl halides is 3. The van der Waals surface area contributed by atoms with Gasteiger partial charge in [-0.25, -0.2) is 0 Å². The molecule has 0 fully saturated rings. The number of amides is 2. The summed E-state index contributed by atoms with van der Waals surface area (Å²) in [6.45, 7) is 7.52. The van der Waals surface area contributed by atoms with Crippen molar-refractivity contribution in [3.8, 4) is 0 Å². The molecule has 168 valence electrons. The Kier molecular flexibility index (Phi) is 7.59. The van der Waals surface area contributed by atoms with E-state index in [4.69, 9.17) is 0 Å². The van der Waals surface area contributed by atoms with Crippen LogP contribution in [0.15, 0.2) is 41.6 Å². The Labute approximate surface area is 177 Å². The minimum Gasteiger partial charge on any atom is -0.352 e. The summed E-state index contributed by atoms with van der Waals surface area (Å²) in [6, 6.07) is 1.27. The van der Waals surface area contributed by atoms with Crippen LogP contribution in [-0.2, 0) is 0 Å². The first kappa shape index (κ1) is 24.1. The number of carbonyl (C=O) groups excluding carboxylic acids is 2. The summed E-state index contributed by atoms with van der Waals surface area (Å²) in [5, 5.41) is 4.43. The number of pyridine rings is 2. The number of carbonyl (C=O) groups is 2. The predicted octanol–water partition coefficient (Wildman–Crippen LogP) is 3.24. The van der Waals surface area contributed by atoms with Gasteiger partial charge >= 0.3 is 6.18 Å². The summed E-state index contributed by atoms with van der Waals surface area (Å²) in [4.78, 5) is 41.7. The van der Waals surface area contributed by atoms with Crippen molar-refractivity contribution in [2.75, 3.05) is 6.54 Å². The third kappa shape index (κ3) is 6.16. The molecule has 2 rings (SSSR count). The maximum absolute atomic E-state index is 13.6. The number of nitrogens with zero attached hydrogens (tertiary/aromatic N) is 2. The standard InChI is InChI=1S/C21H25F3N4O3/c1-12(2)9-26-19(30)14-10-28(13(3)4)11-15(17(14)29)20(31)27-18(21(22,23)24)16-7-5-6-8-25-16/h5-8,10-13,18H,9H2,1-4H3,(H,26,30)(H,27,31)/t18-/m0/s1. The maximum Gasteiger partial charge on any atom is 0.414 e. The summed E-state index contributed by atoms with van der Waals surface area (Å²) in [5.41, 5.74) is -2.24. The fourth-order valence-corrected chi connectivity index (χ4v) is 2.69. The normalized spacial score (nSPS) is 12.7. The first-order chi connectivity index (χ1) is 14.4. The molecular formula is C21H25F3N4O3. The summed E-state index contributed by atoms with van der Waals surface area (Å²) < 4.78 is 42.1. The van der Waals surface area contributed by atoms with Crippen molar-refractivity contribution in [2.45, 2.75) is 46.0 Å². The zero-order chi connectivity index (χ0) is 23.3. The van der Waals surface area contributed by atoms with E-state index in [1.54, 1.807) is 13.8 Å². The smallest absolute Gasteiger partial charge is 0.352 e. The molecular weight excluding hydrogens is 413 g/mol. The Hall–Kier alpha value is -3.17. The van der Waals surface area contributed by atoms with Gasteiger partial charge < -0.3 is 15.2 Å². The number of aromatic nitrogens is 2. The molecule has 0 unspecified atom stereocenters. The zero-order valence-corrected chi connectivity index (χ0v) is 17.7. The molecule has 0 saturated heterocycles.